The molecule has 0 aliphatic carbocycles. The molecule has 1 aromatic rings. The molecule has 0 bridgehead atoms. The van der Waals surface area contributed by atoms with Gasteiger partial charge in [0.1, 0.15) is 5.75 Å². The molecule has 1 N–H and O–H groups in total. The SMILES string of the molecule is CCNC(CC)c1ccc(OCCSCC)cc1. The highest BCUT2D eigenvalue weighted by Gasteiger charge is 2.07. The summed E-state index contributed by atoms with van der Waals surface area (Å²) in [5.41, 5.74) is 1.34. The molecule has 102 valence electrons. The summed E-state index contributed by atoms with van der Waals surface area (Å²) in [5.74, 6) is 3.19. The van der Waals surface area contributed by atoms with Crippen molar-refractivity contribution in [1.29, 1.82) is 0 Å². The van der Waals surface area contributed by atoms with E-state index in [4.69, 9.17) is 4.74 Å². The van der Waals surface area contributed by atoms with Crippen LogP contribution in [0.2, 0.25) is 0 Å². The highest BCUT2D eigenvalue weighted by Crippen LogP contribution is 2.20. The fourth-order valence-corrected chi connectivity index (χ4v) is 2.39. The van der Waals surface area contributed by atoms with Gasteiger partial charge < -0.3 is 10.1 Å². The largest absolute Gasteiger partial charge is 0.493 e. The van der Waals surface area contributed by atoms with Crippen molar-refractivity contribution in [2.75, 3.05) is 24.7 Å². The molecule has 0 amide bonds. The summed E-state index contributed by atoms with van der Waals surface area (Å²) < 4.78 is 5.70. The molecule has 0 fully saturated rings. The van der Waals surface area contributed by atoms with E-state index in [1.165, 1.54) is 5.56 Å². The molecule has 0 radical (unpaired) electrons. The molecule has 0 spiro atoms. The van der Waals surface area contributed by atoms with E-state index in [-0.39, 0.29) is 0 Å². The molecule has 1 atom stereocenters. The summed E-state index contributed by atoms with van der Waals surface area (Å²) in [4.78, 5) is 0. The number of thioether (sulfide) groups is 1. The number of hydrogen-bond donors (Lipinski definition) is 1. The third kappa shape index (κ3) is 5.32. The number of benzene rings is 1. The van der Waals surface area contributed by atoms with Crippen molar-refractivity contribution in [3.8, 4) is 5.75 Å². The van der Waals surface area contributed by atoms with Crippen LogP contribution in [0.5, 0.6) is 5.75 Å². The van der Waals surface area contributed by atoms with Gasteiger partial charge in [-0.15, -0.1) is 0 Å². The smallest absolute Gasteiger partial charge is 0.119 e. The van der Waals surface area contributed by atoms with Crippen molar-refractivity contribution in [1.82, 2.24) is 5.32 Å². The molecule has 0 aromatic heterocycles. The molecule has 0 aliphatic rings. The molecular formula is C15H25NOS. The summed E-state index contributed by atoms with van der Waals surface area (Å²) >= 11 is 1.91. The summed E-state index contributed by atoms with van der Waals surface area (Å²) in [5, 5.41) is 3.48. The quantitative estimate of drug-likeness (QED) is 0.686. The Labute approximate surface area is 116 Å². The van der Waals surface area contributed by atoms with Crippen molar-refractivity contribution in [2.24, 2.45) is 0 Å². The monoisotopic (exact) mass is 267 g/mol. The van der Waals surface area contributed by atoms with E-state index in [0.717, 1.165) is 36.8 Å². The van der Waals surface area contributed by atoms with Crippen LogP contribution in [0, 0.1) is 0 Å². The molecule has 2 nitrogen and oxygen atoms in total. The van der Waals surface area contributed by atoms with E-state index < -0.39 is 0 Å². The molecule has 18 heavy (non-hydrogen) atoms. The topological polar surface area (TPSA) is 21.3 Å². The molecule has 1 aromatic carbocycles. The summed E-state index contributed by atoms with van der Waals surface area (Å²) in [6.07, 6.45) is 1.11. The van der Waals surface area contributed by atoms with Crippen molar-refractivity contribution in [3.63, 3.8) is 0 Å². The molecule has 0 heterocycles. The summed E-state index contributed by atoms with van der Waals surface area (Å²) in [7, 11) is 0. The van der Waals surface area contributed by atoms with Gasteiger partial charge >= 0.3 is 0 Å². The minimum atomic E-state index is 0.458. The molecule has 3 heteroatoms. The van der Waals surface area contributed by atoms with Crippen LogP contribution in [0.3, 0.4) is 0 Å². The normalized spacial score (nSPS) is 12.4. The lowest BCUT2D eigenvalue weighted by Gasteiger charge is -2.16. The van der Waals surface area contributed by atoms with Gasteiger partial charge in [0.15, 0.2) is 0 Å². The lowest BCUT2D eigenvalue weighted by molar-refractivity contribution is 0.343. The fourth-order valence-electron chi connectivity index (χ4n) is 1.90. The molecule has 0 saturated heterocycles. The number of rotatable bonds is 9. The standard InChI is InChI=1S/C15H25NOS/c1-4-15(16-5-2)13-7-9-14(10-8-13)17-11-12-18-6-3/h7-10,15-16H,4-6,11-12H2,1-3H3. The van der Waals surface area contributed by atoms with Crippen LogP contribution >= 0.6 is 11.8 Å². The average molecular weight is 267 g/mol. The van der Waals surface area contributed by atoms with E-state index in [1.54, 1.807) is 0 Å². The second kappa shape index (κ2) is 9.29. The van der Waals surface area contributed by atoms with Crippen molar-refractivity contribution in [2.45, 2.75) is 33.2 Å². The Kier molecular flexibility index (Phi) is 7.94. The number of ether oxygens (including phenoxy) is 1. The summed E-state index contributed by atoms with van der Waals surface area (Å²) in [6, 6.07) is 8.94. The second-order valence-corrected chi connectivity index (χ2v) is 5.53. The van der Waals surface area contributed by atoms with Gasteiger partial charge in [-0.1, -0.05) is 32.9 Å². The Morgan fingerprint density at radius 3 is 2.44 bits per heavy atom. The van der Waals surface area contributed by atoms with Crippen LogP contribution in [0.25, 0.3) is 0 Å². The first kappa shape index (κ1) is 15.4. The van der Waals surface area contributed by atoms with E-state index in [1.807, 2.05) is 11.8 Å². The van der Waals surface area contributed by atoms with Gasteiger partial charge in [-0.3, -0.25) is 0 Å². The molecule has 1 unspecified atom stereocenters. The Bertz CT molecular complexity index is 313. The maximum Gasteiger partial charge on any atom is 0.119 e. The Hall–Kier alpha value is -0.670. The first-order valence-electron chi connectivity index (χ1n) is 6.85. The Morgan fingerprint density at radius 2 is 1.89 bits per heavy atom. The lowest BCUT2D eigenvalue weighted by atomic mass is 10.0. The Morgan fingerprint density at radius 1 is 1.17 bits per heavy atom. The van der Waals surface area contributed by atoms with Gasteiger partial charge in [0.05, 0.1) is 6.61 Å². The van der Waals surface area contributed by atoms with Crippen LogP contribution in [0.4, 0.5) is 0 Å². The van der Waals surface area contributed by atoms with E-state index >= 15 is 0 Å². The third-order valence-corrected chi connectivity index (χ3v) is 3.71. The van der Waals surface area contributed by atoms with Gasteiger partial charge in [-0.25, -0.2) is 0 Å². The number of hydrogen-bond acceptors (Lipinski definition) is 3. The fraction of sp³-hybridized carbons (Fsp3) is 0.600. The predicted octanol–water partition coefficient (Wildman–Crippen LogP) is 3.88. The molecular weight excluding hydrogens is 242 g/mol. The van der Waals surface area contributed by atoms with Gasteiger partial charge in [0.25, 0.3) is 0 Å². The van der Waals surface area contributed by atoms with Gasteiger partial charge in [-0.05, 0) is 36.4 Å². The molecule has 1 rings (SSSR count). The van der Waals surface area contributed by atoms with E-state index in [9.17, 15) is 0 Å². The van der Waals surface area contributed by atoms with Crippen LogP contribution in [0.1, 0.15) is 38.8 Å². The first-order chi connectivity index (χ1) is 8.81. The van der Waals surface area contributed by atoms with Crippen LogP contribution < -0.4 is 10.1 Å². The summed E-state index contributed by atoms with van der Waals surface area (Å²) in [6.45, 7) is 8.32. The van der Waals surface area contributed by atoms with Crippen LogP contribution in [-0.4, -0.2) is 24.7 Å². The van der Waals surface area contributed by atoms with E-state index in [2.05, 4.69) is 50.4 Å². The third-order valence-electron chi connectivity index (χ3n) is 2.84. The highest BCUT2D eigenvalue weighted by atomic mass is 32.2. The maximum atomic E-state index is 5.70. The highest BCUT2D eigenvalue weighted by molar-refractivity contribution is 7.99. The second-order valence-electron chi connectivity index (χ2n) is 4.13. The molecule has 0 aliphatic heterocycles. The number of nitrogens with one attached hydrogen (secondary N) is 1. The maximum absolute atomic E-state index is 5.70. The average Bonchev–Trinajstić information content (AvgIpc) is 2.42. The molecule has 0 saturated carbocycles. The van der Waals surface area contributed by atoms with Gasteiger partial charge in [-0.2, -0.15) is 11.8 Å². The zero-order chi connectivity index (χ0) is 13.2. The minimum absolute atomic E-state index is 0.458. The lowest BCUT2D eigenvalue weighted by Crippen LogP contribution is -2.19. The first-order valence-corrected chi connectivity index (χ1v) is 8.01. The van der Waals surface area contributed by atoms with Crippen molar-refractivity contribution < 1.29 is 4.74 Å². The zero-order valence-electron chi connectivity index (χ0n) is 11.7. The van der Waals surface area contributed by atoms with Crippen molar-refractivity contribution >= 4 is 11.8 Å². The van der Waals surface area contributed by atoms with Crippen LogP contribution in [-0.2, 0) is 0 Å². The minimum Gasteiger partial charge on any atom is -0.493 e. The zero-order valence-corrected chi connectivity index (χ0v) is 12.6. The van der Waals surface area contributed by atoms with E-state index in [0.29, 0.717) is 6.04 Å². The van der Waals surface area contributed by atoms with Crippen molar-refractivity contribution in [3.05, 3.63) is 29.8 Å². The van der Waals surface area contributed by atoms with Crippen LogP contribution in [0.15, 0.2) is 24.3 Å². The van der Waals surface area contributed by atoms with Gasteiger partial charge in [0, 0.05) is 11.8 Å². The van der Waals surface area contributed by atoms with Gasteiger partial charge in [0.2, 0.25) is 0 Å². The predicted molar refractivity (Wildman–Crippen MR) is 81.6 cm³/mol. The Balaban J connectivity index is 2.45.